The van der Waals surface area contributed by atoms with E-state index in [0.29, 0.717) is 6.54 Å². The van der Waals surface area contributed by atoms with Crippen molar-refractivity contribution in [3.63, 3.8) is 0 Å². The third-order valence-electron chi connectivity index (χ3n) is 4.95. The van der Waals surface area contributed by atoms with E-state index < -0.39 is 0 Å². The van der Waals surface area contributed by atoms with Crippen molar-refractivity contribution in [1.82, 2.24) is 4.90 Å². The van der Waals surface area contributed by atoms with Crippen LogP contribution in [-0.4, -0.2) is 35.7 Å². The van der Waals surface area contributed by atoms with E-state index in [2.05, 4.69) is 35.1 Å². The Morgan fingerprint density at radius 2 is 2.09 bits per heavy atom. The summed E-state index contributed by atoms with van der Waals surface area (Å²) in [6, 6.07) is 15.9. The summed E-state index contributed by atoms with van der Waals surface area (Å²) in [7, 11) is 0. The fraction of sp³-hybridized carbons (Fsp3) is 0.300. The molecule has 4 rings (SSSR count). The number of ether oxygens (including phenoxy) is 1. The second kappa shape index (κ2) is 5.33. The monoisotopic (exact) mass is 305 g/mol. The summed E-state index contributed by atoms with van der Waals surface area (Å²) in [5.41, 5.74) is 2.12. The second-order valence-electron chi connectivity index (χ2n) is 6.45. The van der Waals surface area contributed by atoms with Crippen LogP contribution < -0.4 is 4.74 Å². The van der Waals surface area contributed by atoms with Gasteiger partial charge in [0.2, 0.25) is 0 Å². The Hall–Kier alpha value is -2.44. The molecule has 2 aromatic rings. The van der Waals surface area contributed by atoms with Gasteiger partial charge in [-0.1, -0.05) is 36.3 Å². The Balaban J connectivity index is 1.90. The average molecular weight is 305 g/mol. The molecule has 23 heavy (non-hydrogen) atoms. The molecule has 0 saturated carbocycles. The number of hydrogen-bond acceptors (Lipinski definition) is 3. The highest BCUT2D eigenvalue weighted by Gasteiger charge is 2.48. The van der Waals surface area contributed by atoms with Crippen molar-refractivity contribution in [3.8, 4) is 23.8 Å². The number of likely N-dealkylation sites (tertiary alicyclic amines) is 1. The van der Waals surface area contributed by atoms with E-state index >= 15 is 0 Å². The lowest BCUT2D eigenvalue weighted by atomic mass is 9.67. The van der Waals surface area contributed by atoms with E-state index in [1.54, 1.807) is 6.07 Å². The molecule has 0 spiro atoms. The summed E-state index contributed by atoms with van der Waals surface area (Å²) in [6.45, 7) is 2.30. The van der Waals surface area contributed by atoms with Crippen LogP contribution >= 0.6 is 0 Å². The molecule has 2 aliphatic rings. The fourth-order valence-corrected chi connectivity index (χ4v) is 4.07. The molecule has 2 bridgehead atoms. The molecule has 1 N–H and O–H groups in total. The molecule has 3 nitrogen and oxygen atoms in total. The van der Waals surface area contributed by atoms with Crippen molar-refractivity contribution in [2.75, 3.05) is 19.6 Å². The molecule has 0 aromatic heterocycles. The highest BCUT2D eigenvalue weighted by molar-refractivity contribution is 5.53. The van der Waals surface area contributed by atoms with Gasteiger partial charge in [-0.2, -0.15) is 0 Å². The first-order valence-corrected chi connectivity index (χ1v) is 7.93. The number of hydrogen-bond donors (Lipinski definition) is 1. The lowest BCUT2D eigenvalue weighted by Gasteiger charge is -2.50. The van der Waals surface area contributed by atoms with Gasteiger partial charge in [0.1, 0.15) is 17.6 Å². The largest absolute Gasteiger partial charge is 0.508 e. The van der Waals surface area contributed by atoms with E-state index in [1.807, 2.05) is 18.2 Å². The third-order valence-corrected chi connectivity index (χ3v) is 4.95. The first kappa shape index (κ1) is 14.2. The molecular weight excluding hydrogens is 286 g/mol. The number of rotatable bonds is 2. The third kappa shape index (κ3) is 2.27. The molecule has 0 radical (unpaired) electrons. The molecule has 2 aromatic carbocycles. The zero-order chi connectivity index (χ0) is 15.9. The van der Waals surface area contributed by atoms with E-state index in [-0.39, 0.29) is 17.3 Å². The number of nitrogens with zero attached hydrogens (tertiary/aromatic N) is 1. The smallest absolute Gasteiger partial charge is 0.124 e. The van der Waals surface area contributed by atoms with E-state index in [0.717, 1.165) is 30.8 Å². The molecule has 2 heterocycles. The fourth-order valence-electron chi connectivity index (χ4n) is 4.07. The van der Waals surface area contributed by atoms with Crippen LogP contribution in [0.15, 0.2) is 48.5 Å². The van der Waals surface area contributed by atoms with Crippen molar-refractivity contribution >= 4 is 0 Å². The van der Waals surface area contributed by atoms with Crippen molar-refractivity contribution in [1.29, 1.82) is 0 Å². The Morgan fingerprint density at radius 3 is 2.87 bits per heavy atom. The second-order valence-corrected chi connectivity index (χ2v) is 6.45. The average Bonchev–Trinajstić information content (AvgIpc) is 2.57. The predicted octanol–water partition coefficient (Wildman–Crippen LogP) is 2.78. The normalized spacial score (nSPS) is 26.0. The van der Waals surface area contributed by atoms with Crippen molar-refractivity contribution < 1.29 is 9.84 Å². The SMILES string of the molecule is C#CCN1CC2CC(c3ccccc3)(C1)c1cc(O)ccc1O2. The zero-order valence-corrected chi connectivity index (χ0v) is 12.9. The Morgan fingerprint density at radius 1 is 1.26 bits per heavy atom. The maximum Gasteiger partial charge on any atom is 0.124 e. The van der Waals surface area contributed by atoms with Crippen LogP contribution in [0, 0.1) is 12.3 Å². The minimum Gasteiger partial charge on any atom is -0.508 e. The number of phenols is 1. The first-order chi connectivity index (χ1) is 11.2. The molecular formula is C20H19NO2. The maximum absolute atomic E-state index is 10.0. The molecule has 0 amide bonds. The van der Waals surface area contributed by atoms with Gasteiger partial charge >= 0.3 is 0 Å². The lowest BCUT2D eigenvalue weighted by molar-refractivity contribution is 0.0372. The number of aromatic hydroxyl groups is 1. The summed E-state index contributed by atoms with van der Waals surface area (Å²) in [6.07, 6.45) is 6.57. The predicted molar refractivity (Wildman–Crippen MR) is 89.6 cm³/mol. The van der Waals surface area contributed by atoms with Gasteiger partial charge in [0.15, 0.2) is 0 Å². The zero-order valence-electron chi connectivity index (χ0n) is 12.9. The van der Waals surface area contributed by atoms with Crippen LogP contribution in [0.2, 0.25) is 0 Å². The molecule has 3 heteroatoms. The number of piperidine rings is 1. The topological polar surface area (TPSA) is 32.7 Å². The molecule has 1 saturated heterocycles. The van der Waals surface area contributed by atoms with Crippen LogP contribution in [0.5, 0.6) is 11.5 Å². The summed E-state index contributed by atoms with van der Waals surface area (Å²) in [5.74, 6) is 3.90. The van der Waals surface area contributed by atoms with Crippen LogP contribution in [0.4, 0.5) is 0 Å². The quantitative estimate of drug-likeness (QED) is 0.866. The summed E-state index contributed by atoms with van der Waals surface area (Å²) < 4.78 is 6.16. The summed E-state index contributed by atoms with van der Waals surface area (Å²) in [5, 5.41) is 10.0. The summed E-state index contributed by atoms with van der Waals surface area (Å²) >= 11 is 0. The van der Waals surface area contributed by atoms with Gasteiger partial charge in [-0.25, -0.2) is 0 Å². The molecule has 2 unspecified atom stereocenters. The Bertz CT molecular complexity index is 765. The van der Waals surface area contributed by atoms with Crippen LogP contribution in [0.1, 0.15) is 17.5 Å². The van der Waals surface area contributed by atoms with Crippen LogP contribution in [-0.2, 0) is 5.41 Å². The van der Waals surface area contributed by atoms with Gasteiger partial charge in [0.25, 0.3) is 0 Å². The first-order valence-electron chi connectivity index (χ1n) is 7.93. The van der Waals surface area contributed by atoms with Gasteiger partial charge < -0.3 is 9.84 Å². The number of phenolic OH excluding ortho intramolecular Hbond substituents is 1. The van der Waals surface area contributed by atoms with Gasteiger partial charge in [-0.3, -0.25) is 4.90 Å². The van der Waals surface area contributed by atoms with Crippen LogP contribution in [0.25, 0.3) is 0 Å². The number of benzene rings is 2. The highest BCUT2D eigenvalue weighted by Crippen LogP contribution is 2.49. The van der Waals surface area contributed by atoms with Crippen molar-refractivity contribution in [2.24, 2.45) is 0 Å². The molecule has 0 aliphatic carbocycles. The van der Waals surface area contributed by atoms with Crippen molar-refractivity contribution in [3.05, 3.63) is 59.7 Å². The van der Waals surface area contributed by atoms with E-state index in [4.69, 9.17) is 11.2 Å². The standard InChI is InChI=1S/C20H19NO2/c1-2-10-21-13-17-12-20(14-21,15-6-4-3-5-7-15)18-11-16(22)8-9-19(18)23-17/h1,3-9,11,17,22H,10,12-14H2. The Kier molecular flexibility index (Phi) is 3.28. The van der Waals surface area contributed by atoms with Gasteiger partial charge in [-0.05, 0) is 23.8 Å². The minimum atomic E-state index is -0.187. The number of terminal acetylenes is 1. The van der Waals surface area contributed by atoms with E-state index in [9.17, 15) is 5.11 Å². The molecule has 116 valence electrons. The molecule has 1 fully saturated rings. The van der Waals surface area contributed by atoms with Gasteiger partial charge in [0, 0.05) is 30.5 Å². The van der Waals surface area contributed by atoms with Gasteiger partial charge in [0.05, 0.1) is 6.54 Å². The summed E-state index contributed by atoms with van der Waals surface area (Å²) in [4.78, 5) is 2.27. The molecule has 2 aliphatic heterocycles. The minimum absolute atomic E-state index is 0.120. The molecule has 2 atom stereocenters. The van der Waals surface area contributed by atoms with Crippen LogP contribution in [0.3, 0.4) is 0 Å². The maximum atomic E-state index is 10.0. The Labute approximate surface area is 136 Å². The van der Waals surface area contributed by atoms with Gasteiger partial charge in [-0.15, -0.1) is 6.42 Å². The van der Waals surface area contributed by atoms with E-state index in [1.165, 1.54) is 5.56 Å². The van der Waals surface area contributed by atoms with Crippen molar-refractivity contribution in [2.45, 2.75) is 17.9 Å². The lowest BCUT2D eigenvalue weighted by Crippen LogP contribution is -2.56. The number of fused-ring (bicyclic) bond motifs is 4. The highest BCUT2D eigenvalue weighted by atomic mass is 16.5.